The Balaban J connectivity index is 1.63. The lowest BCUT2D eigenvalue weighted by molar-refractivity contribution is -0.127. The van der Waals surface area contributed by atoms with Crippen molar-refractivity contribution in [2.45, 2.75) is 39.2 Å². The van der Waals surface area contributed by atoms with Crippen molar-refractivity contribution in [2.24, 2.45) is 0 Å². The first-order valence-corrected chi connectivity index (χ1v) is 10.6. The first kappa shape index (κ1) is 21.7. The van der Waals surface area contributed by atoms with Crippen molar-refractivity contribution in [3.63, 3.8) is 0 Å². The fraction of sp³-hybridized carbons (Fsp3) is 0.280. The van der Waals surface area contributed by atoms with E-state index in [2.05, 4.69) is 15.6 Å². The van der Waals surface area contributed by atoms with Crippen LogP contribution in [0.5, 0.6) is 0 Å². The van der Waals surface area contributed by atoms with Crippen molar-refractivity contribution < 1.29 is 18.4 Å². The van der Waals surface area contributed by atoms with Crippen LogP contribution in [0.4, 0.5) is 8.78 Å². The van der Waals surface area contributed by atoms with E-state index >= 15 is 0 Å². The van der Waals surface area contributed by atoms with Crippen LogP contribution in [0.1, 0.15) is 29.5 Å². The summed E-state index contributed by atoms with van der Waals surface area (Å²) in [5.41, 5.74) is 5.77. The first-order valence-electron chi connectivity index (χ1n) is 10.6. The minimum Gasteiger partial charge on any atom is -0.354 e. The molecule has 4 rings (SSSR count). The van der Waals surface area contributed by atoms with Crippen LogP contribution in [-0.2, 0) is 16.0 Å². The van der Waals surface area contributed by atoms with Crippen molar-refractivity contribution in [1.82, 2.24) is 15.6 Å². The smallest absolute Gasteiger partial charge is 0.242 e. The van der Waals surface area contributed by atoms with Gasteiger partial charge in [0.2, 0.25) is 11.8 Å². The highest BCUT2D eigenvalue weighted by Crippen LogP contribution is 2.33. The second-order valence-electron chi connectivity index (χ2n) is 8.20. The van der Waals surface area contributed by atoms with Gasteiger partial charge in [-0.2, -0.15) is 0 Å². The third kappa shape index (κ3) is 4.56. The number of rotatable bonds is 6. The average Bonchev–Trinajstić information content (AvgIpc) is 3.33. The molecule has 166 valence electrons. The standard InChI is InChI=1S/C25H25F2N3O2/c1-14-11-19(27)12-15(2)23(14)21-13-17(24(30-21)16-3-6-18(26)7-4-16)5-8-22(31)29-20-9-10-28-25(20)32/h3-4,6-7,11-13,20,30H,5,8-10H2,1-2H3,(H,28,32)(H,29,31). The zero-order valence-electron chi connectivity index (χ0n) is 18.0. The lowest BCUT2D eigenvalue weighted by Gasteiger charge is -2.10. The molecule has 0 aliphatic carbocycles. The van der Waals surface area contributed by atoms with E-state index in [-0.39, 0.29) is 29.9 Å². The minimum absolute atomic E-state index is 0.156. The highest BCUT2D eigenvalue weighted by atomic mass is 19.1. The molecule has 1 unspecified atom stereocenters. The molecule has 1 fully saturated rings. The van der Waals surface area contributed by atoms with Crippen LogP contribution in [0.15, 0.2) is 42.5 Å². The van der Waals surface area contributed by atoms with Crippen LogP contribution in [-0.4, -0.2) is 29.4 Å². The van der Waals surface area contributed by atoms with Crippen molar-refractivity contribution in [3.05, 3.63) is 70.8 Å². The Hall–Kier alpha value is -3.48. The Kier molecular flexibility index (Phi) is 6.08. The summed E-state index contributed by atoms with van der Waals surface area (Å²) in [7, 11) is 0. The molecule has 5 nitrogen and oxygen atoms in total. The van der Waals surface area contributed by atoms with Gasteiger partial charge < -0.3 is 15.6 Å². The largest absolute Gasteiger partial charge is 0.354 e. The van der Waals surface area contributed by atoms with E-state index in [4.69, 9.17) is 0 Å². The van der Waals surface area contributed by atoms with E-state index in [1.165, 1.54) is 24.3 Å². The Morgan fingerprint density at radius 3 is 2.38 bits per heavy atom. The quantitative estimate of drug-likeness (QED) is 0.541. The molecule has 1 aliphatic rings. The molecular weight excluding hydrogens is 412 g/mol. The van der Waals surface area contributed by atoms with Gasteiger partial charge in [0.1, 0.15) is 17.7 Å². The van der Waals surface area contributed by atoms with Crippen LogP contribution in [0.3, 0.4) is 0 Å². The number of aryl methyl sites for hydroxylation is 3. The number of hydrogen-bond acceptors (Lipinski definition) is 2. The summed E-state index contributed by atoms with van der Waals surface area (Å²) in [5, 5.41) is 5.48. The molecule has 1 atom stereocenters. The number of carbonyl (C=O) groups excluding carboxylic acids is 2. The Bertz CT molecular complexity index is 1150. The summed E-state index contributed by atoms with van der Waals surface area (Å²) >= 11 is 0. The van der Waals surface area contributed by atoms with Crippen molar-refractivity contribution in [1.29, 1.82) is 0 Å². The summed E-state index contributed by atoms with van der Waals surface area (Å²) in [6.07, 6.45) is 1.22. The second-order valence-corrected chi connectivity index (χ2v) is 8.20. The molecule has 0 bridgehead atoms. The SMILES string of the molecule is Cc1cc(F)cc(C)c1-c1cc(CCC(=O)NC2CCNC2=O)c(-c2ccc(F)cc2)[nH]1. The lowest BCUT2D eigenvalue weighted by atomic mass is 9.99. The lowest BCUT2D eigenvalue weighted by Crippen LogP contribution is -2.40. The molecule has 3 aromatic rings. The topological polar surface area (TPSA) is 74.0 Å². The number of hydrogen-bond donors (Lipinski definition) is 3. The highest BCUT2D eigenvalue weighted by Gasteiger charge is 2.25. The maximum atomic E-state index is 13.8. The van der Waals surface area contributed by atoms with Gasteiger partial charge in [-0.25, -0.2) is 8.78 Å². The summed E-state index contributed by atoms with van der Waals surface area (Å²) in [6, 6.07) is 10.6. The molecule has 0 saturated carbocycles. The van der Waals surface area contributed by atoms with Gasteiger partial charge in [0, 0.05) is 29.9 Å². The minimum atomic E-state index is -0.481. The predicted octanol–water partition coefficient (Wildman–Crippen LogP) is 4.18. The fourth-order valence-corrected chi connectivity index (χ4v) is 4.29. The Morgan fingerprint density at radius 1 is 1.06 bits per heavy atom. The van der Waals surface area contributed by atoms with Gasteiger partial charge in [-0.3, -0.25) is 9.59 Å². The summed E-state index contributed by atoms with van der Waals surface area (Å²) in [5.74, 6) is -0.978. The Labute approximate surface area is 185 Å². The number of amides is 2. The molecule has 2 aromatic carbocycles. The third-order valence-corrected chi connectivity index (χ3v) is 5.80. The second kappa shape index (κ2) is 8.94. The first-order chi connectivity index (χ1) is 15.3. The number of nitrogens with one attached hydrogen (secondary N) is 3. The summed E-state index contributed by atoms with van der Waals surface area (Å²) < 4.78 is 27.3. The van der Waals surface area contributed by atoms with E-state index < -0.39 is 6.04 Å². The van der Waals surface area contributed by atoms with Crippen LogP contribution >= 0.6 is 0 Å². The van der Waals surface area contributed by atoms with E-state index in [1.807, 2.05) is 19.9 Å². The molecule has 3 N–H and O–H groups in total. The molecule has 32 heavy (non-hydrogen) atoms. The van der Waals surface area contributed by atoms with E-state index in [9.17, 15) is 18.4 Å². The third-order valence-electron chi connectivity index (χ3n) is 5.80. The van der Waals surface area contributed by atoms with Crippen LogP contribution in [0.2, 0.25) is 0 Å². The number of H-pyrrole nitrogens is 1. The van der Waals surface area contributed by atoms with Crippen LogP contribution in [0, 0.1) is 25.5 Å². The zero-order valence-corrected chi connectivity index (χ0v) is 18.0. The highest BCUT2D eigenvalue weighted by molar-refractivity contribution is 5.89. The molecular formula is C25H25F2N3O2. The summed E-state index contributed by atoms with van der Waals surface area (Å²) in [6.45, 7) is 4.27. The van der Waals surface area contributed by atoms with Gasteiger partial charge >= 0.3 is 0 Å². The molecule has 7 heteroatoms. The number of aromatic amines is 1. The van der Waals surface area contributed by atoms with E-state index in [1.54, 1.807) is 12.1 Å². The molecule has 0 radical (unpaired) electrons. The van der Waals surface area contributed by atoms with Crippen molar-refractivity contribution in [2.75, 3.05) is 6.54 Å². The molecule has 2 heterocycles. The van der Waals surface area contributed by atoms with Gasteiger partial charge in [0.15, 0.2) is 0 Å². The maximum absolute atomic E-state index is 13.8. The fourth-order valence-electron chi connectivity index (χ4n) is 4.29. The average molecular weight is 437 g/mol. The van der Waals surface area contributed by atoms with Crippen molar-refractivity contribution >= 4 is 11.8 Å². The number of carbonyl (C=O) groups is 2. The van der Waals surface area contributed by atoms with Gasteiger partial charge in [0.25, 0.3) is 0 Å². The van der Waals surface area contributed by atoms with Gasteiger partial charge in [-0.1, -0.05) is 0 Å². The molecule has 1 aromatic heterocycles. The maximum Gasteiger partial charge on any atom is 0.242 e. The van der Waals surface area contributed by atoms with Crippen LogP contribution in [0.25, 0.3) is 22.5 Å². The zero-order chi connectivity index (χ0) is 22.8. The van der Waals surface area contributed by atoms with Gasteiger partial charge in [0.05, 0.1) is 0 Å². The molecule has 1 aliphatic heterocycles. The normalized spacial score (nSPS) is 15.6. The summed E-state index contributed by atoms with van der Waals surface area (Å²) in [4.78, 5) is 27.5. The number of benzene rings is 2. The molecule has 0 spiro atoms. The Morgan fingerprint density at radius 2 is 1.75 bits per heavy atom. The van der Waals surface area contributed by atoms with Gasteiger partial charge in [-0.05, 0) is 91.4 Å². The monoisotopic (exact) mass is 437 g/mol. The number of aromatic nitrogens is 1. The molecule has 2 amide bonds. The van der Waals surface area contributed by atoms with Crippen molar-refractivity contribution in [3.8, 4) is 22.5 Å². The predicted molar refractivity (Wildman–Crippen MR) is 119 cm³/mol. The number of halogens is 2. The van der Waals surface area contributed by atoms with E-state index in [0.29, 0.717) is 19.4 Å². The van der Waals surface area contributed by atoms with Gasteiger partial charge in [-0.15, -0.1) is 0 Å². The van der Waals surface area contributed by atoms with Crippen LogP contribution < -0.4 is 10.6 Å². The molecule has 1 saturated heterocycles. The van der Waals surface area contributed by atoms with E-state index in [0.717, 1.165) is 39.2 Å².